The van der Waals surface area contributed by atoms with E-state index in [-0.39, 0.29) is 6.04 Å². The summed E-state index contributed by atoms with van der Waals surface area (Å²) in [5.41, 5.74) is 2.12. The third-order valence-electron chi connectivity index (χ3n) is 2.88. The number of methoxy groups -OCH3 is 1. The summed E-state index contributed by atoms with van der Waals surface area (Å²) < 4.78 is 7.38. The van der Waals surface area contributed by atoms with Gasteiger partial charge >= 0.3 is 0 Å². The third-order valence-corrected chi connectivity index (χ3v) is 2.88. The van der Waals surface area contributed by atoms with Gasteiger partial charge in [0.25, 0.3) is 0 Å². The molecule has 0 fully saturated rings. The first-order valence-electron chi connectivity index (χ1n) is 6.10. The van der Waals surface area contributed by atoms with Gasteiger partial charge in [-0.15, -0.1) is 0 Å². The molecule has 4 nitrogen and oxygen atoms in total. The monoisotopic (exact) mass is 245 g/mol. The van der Waals surface area contributed by atoms with Gasteiger partial charge in [-0.3, -0.25) is 0 Å². The molecule has 0 aliphatic rings. The Morgan fingerprint density at radius 2 is 2.17 bits per heavy atom. The average molecular weight is 245 g/mol. The second-order valence-electron chi connectivity index (χ2n) is 4.20. The zero-order valence-electron chi connectivity index (χ0n) is 11.1. The zero-order chi connectivity index (χ0) is 13.0. The Hall–Kier alpha value is -1.81. The van der Waals surface area contributed by atoms with E-state index in [9.17, 15) is 0 Å². The van der Waals surface area contributed by atoms with Crippen molar-refractivity contribution in [1.29, 1.82) is 0 Å². The molecule has 1 unspecified atom stereocenters. The van der Waals surface area contributed by atoms with Crippen LogP contribution in [0, 0.1) is 0 Å². The smallest absolute Gasteiger partial charge is 0.124 e. The molecular weight excluding hydrogens is 226 g/mol. The fourth-order valence-corrected chi connectivity index (χ4v) is 2.06. The summed E-state index contributed by atoms with van der Waals surface area (Å²) in [6.07, 6.45) is 3.84. The lowest BCUT2D eigenvalue weighted by Gasteiger charge is -2.18. The molecule has 0 radical (unpaired) electrons. The number of hydrogen-bond donors (Lipinski definition) is 1. The van der Waals surface area contributed by atoms with Gasteiger partial charge in [-0.2, -0.15) is 0 Å². The van der Waals surface area contributed by atoms with E-state index in [2.05, 4.69) is 23.3 Å². The highest BCUT2D eigenvalue weighted by atomic mass is 16.5. The van der Waals surface area contributed by atoms with Crippen molar-refractivity contribution in [2.75, 3.05) is 13.7 Å². The van der Waals surface area contributed by atoms with Gasteiger partial charge in [0.1, 0.15) is 5.75 Å². The summed E-state index contributed by atoms with van der Waals surface area (Å²) in [4.78, 5) is 4.43. The highest BCUT2D eigenvalue weighted by molar-refractivity contribution is 5.39. The third kappa shape index (κ3) is 2.54. The molecule has 2 rings (SSSR count). The minimum absolute atomic E-state index is 0.0624. The van der Waals surface area contributed by atoms with Gasteiger partial charge in [-0.05, 0) is 12.6 Å². The van der Waals surface area contributed by atoms with Crippen LogP contribution in [0.25, 0.3) is 0 Å². The first-order valence-corrected chi connectivity index (χ1v) is 6.10. The van der Waals surface area contributed by atoms with Crippen molar-refractivity contribution < 1.29 is 4.74 Å². The molecule has 0 bridgehead atoms. The van der Waals surface area contributed by atoms with Crippen LogP contribution >= 0.6 is 0 Å². The molecule has 1 N–H and O–H groups in total. The van der Waals surface area contributed by atoms with Crippen LogP contribution in [0.15, 0.2) is 36.8 Å². The van der Waals surface area contributed by atoms with E-state index in [1.807, 2.05) is 42.3 Å². The molecule has 1 aromatic carbocycles. The molecule has 0 aliphatic heterocycles. The van der Waals surface area contributed by atoms with Crippen LogP contribution in [0.3, 0.4) is 0 Å². The normalized spacial score (nSPS) is 12.4. The number of benzene rings is 1. The Balaban J connectivity index is 2.41. The number of nitrogens with zero attached hydrogens (tertiary/aromatic N) is 2. The van der Waals surface area contributed by atoms with Gasteiger partial charge in [-0.25, -0.2) is 4.98 Å². The lowest BCUT2D eigenvalue weighted by atomic mass is 10.0. The van der Waals surface area contributed by atoms with Gasteiger partial charge in [-0.1, -0.05) is 25.1 Å². The maximum atomic E-state index is 5.43. The molecule has 2 aromatic rings. The SMILES string of the molecule is CCNC(c1cn(C)cn1)c1ccccc1OC. The Bertz CT molecular complexity index is 507. The number of rotatable bonds is 5. The lowest BCUT2D eigenvalue weighted by Crippen LogP contribution is -2.22. The van der Waals surface area contributed by atoms with Crippen LogP contribution < -0.4 is 10.1 Å². The standard InChI is InChI=1S/C14H19N3O/c1-4-15-14(12-9-17(2)10-16-12)11-7-5-6-8-13(11)18-3/h5-10,14-15H,4H2,1-3H3. The molecule has 0 spiro atoms. The highest BCUT2D eigenvalue weighted by Gasteiger charge is 2.18. The molecule has 1 atom stereocenters. The number of aromatic nitrogens is 2. The fraction of sp³-hybridized carbons (Fsp3) is 0.357. The van der Waals surface area contributed by atoms with Crippen LogP contribution in [0.1, 0.15) is 24.2 Å². The first-order chi connectivity index (χ1) is 8.76. The van der Waals surface area contributed by atoms with Crippen molar-refractivity contribution in [3.63, 3.8) is 0 Å². The van der Waals surface area contributed by atoms with Crippen LogP contribution in [0.4, 0.5) is 0 Å². The van der Waals surface area contributed by atoms with E-state index < -0.39 is 0 Å². The molecule has 96 valence electrons. The number of para-hydroxylation sites is 1. The predicted molar refractivity (Wildman–Crippen MR) is 71.7 cm³/mol. The van der Waals surface area contributed by atoms with Crippen molar-refractivity contribution in [1.82, 2.24) is 14.9 Å². The maximum absolute atomic E-state index is 5.43. The molecule has 0 saturated carbocycles. The minimum Gasteiger partial charge on any atom is -0.496 e. The largest absolute Gasteiger partial charge is 0.496 e. The summed E-state index contributed by atoms with van der Waals surface area (Å²) in [5, 5.41) is 3.45. The van der Waals surface area contributed by atoms with E-state index in [1.54, 1.807) is 7.11 Å². The van der Waals surface area contributed by atoms with Crippen molar-refractivity contribution in [3.05, 3.63) is 48.0 Å². The Labute approximate surface area is 108 Å². The molecule has 1 heterocycles. The van der Waals surface area contributed by atoms with E-state index in [0.717, 1.165) is 23.6 Å². The maximum Gasteiger partial charge on any atom is 0.124 e. The average Bonchev–Trinajstić information content (AvgIpc) is 2.82. The van der Waals surface area contributed by atoms with E-state index in [1.165, 1.54) is 0 Å². The first kappa shape index (κ1) is 12.6. The summed E-state index contributed by atoms with van der Waals surface area (Å²) in [6, 6.07) is 8.10. The van der Waals surface area contributed by atoms with Gasteiger partial charge < -0.3 is 14.6 Å². The van der Waals surface area contributed by atoms with Crippen molar-refractivity contribution >= 4 is 0 Å². The second kappa shape index (κ2) is 5.69. The Morgan fingerprint density at radius 3 is 2.78 bits per heavy atom. The number of nitrogens with one attached hydrogen (secondary N) is 1. The summed E-state index contributed by atoms with van der Waals surface area (Å²) in [5.74, 6) is 0.883. The topological polar surface area (TPSA) is 39.1 Å². The quantitative estimate of drug-likeness (QED) is 0.877. The van der Waals surface area contributed by atoms with Crippen LogP contribution in [-0.2, 0) is 7.05 Å². The molecule has 0 amide bonds. The summed E-state index contributed by atoms with van der Waals surface area (Å²) >= 11 is 0. The molecule has 1 aromatic heterocycles. The number of hydrogen-bond acceptors (Lipinski definition) is 3. The Kier molecular flexibility index (Phi) is 3.99. The van der Waals surface area contributed by atoms with Gasteiger partial charge in [0.15, 0.2) is 0 Å². The van der Waals surface area contributed by atoms with E-state index >= 15 is 0 Å². The minimum atomic E-state index is 0.0624. The number of ether oxygens (including phenoxy) is 1. The van der Waals surface area contributed by atoms with Crippen molar-refractivity contribution in [3.8, 4) is 5.75 Å². The van der Waals surface area contributed by atoms with Crippen LogP contribution in [0.2, 0.25) is 0 Å². The van der Waals surface area contributed by atoms with Gasteiger partial charge in [0, 0.05) is 18.8 Å². The molecule has 0 aliphatic carbocycles. The predicted octanol–water partition coefficient (Wildman–Crippen LogP) is 2.13. The van der Waals surface area contributed by atoms with E-state index in [4.69, 9.17) is 4.74 Å². The van der Waals surface area contributed by atoms with Crippen molar-refractivity contribution in [2.24, 2.45) is 7.05 Å². The fourth-order valence-electron chi connectivity index (χ4n) is 2.06. The lowest BCUT2D eigenvalue weighted by molar-refractivity contribution is 0.404. The molecular formula is C14H19N3O. The van der Waals surface area contributed by atoms with Crippen molar-refractivity contribution in [2.45, 2.75) is 13.0 Å². The second-order valence-corrected chi connectivity index (χ2v) is 4.20. The summed E-state index contributed by atoms with van der Waals surface area (Å²) in [7, 11) is 3.67. The van der Waals surface area contributed by atoms with E-state index in [0.29, 0.717) is 0 Å². The molecule has 4 heteroatoms. The van der Waals surface area contributed by atoms with Crippen LogP contribution in [0.5, 0.6) is 5.75 Å². The molecule has 0 saturated heterocycles. The van der Waals surface area contributed by atoms with Crippen LogP contribution in [-0.4, -0.2) is 23.2 Å². The number of aryl methyl sites for hydroxylation is 1. The van der Waals surface area contributed by atoms with Gasteiger partial charge in [0.05, 0.1) is 25.2 Å². The number of imidazole rings is 1. The highest BCUT2D eigenvalue weighted by Crippen LogP contribution is 2.28. The van der Waals surface area contributed by atoms with Gasteiger partial charge in [0.2, 0.25) is 0 Å². The Morgan fingerprint density at radius 1 is 1.39 bits per heavy atom. The summed E-state index contributed by atoms with van der Waals surface area (Å²) in [6.45, 7) is 2.96. The zero-order valence-corrected chi connectivity index (χ0v) is 11.1. The molecule has 18 heavy (non-hydrogen) atoms.